The van der Waals surface area contributed by atoms with Crippen molar-refractivity contribution in [3.8, 4) is 0 Å². The minimum atomic E-state index is -0.0530. The van der Waals surface area contributed by atoms with Crippen LogP contribution in [0.25, 0.3) is 11.0 Å². The molecule has 0 radical (unpaired) electrons. The minimum absolute atomic E-state index is 0.0530. The summed E-state index contributed by atoms with van der Waals surface area (Å²) in [6, 6.07) is 5.34. The maximum Gasteiger partial charge on any atom is 0.272 e. The molecule has 0 unspecified atom stereocenters. The van der Waals surface area contributed by atoms with Crippen LogP contribution in [0.4, 0.5) is 11.8 Å². The van der Waals surface area contributed by atoms with Gasteiger partial charge in [0, 0.05) is 39.4 Å². The monoisotopic (exact) mass is 338 g/mol. The molecule has 0 atom stereocenters. The van der Waals surface area contributed by atoms with Gasteiger partial charge in [-0.2, -0.15) is 15.1 Å². The Labute approximate surface area is 144 Å². The van der Waals surface area contributed by atoms with Gasteiger partial charge in [0.1, 0.15) is 11.5 Å². The van der Waals surface area contributed by atoms with E-state index in [1.807, 2.05) is 18.0 Å². The molecule has 1 aliphatic heterocycles. The fourth-order valence-electron chi connectivity index (χ4n) is 2.93. The summed E-state index contributed by atoms with van der Waals surface area (Å²) in [6.07, 6.45) is 3.29. The van der Waals surface area contributed by atoms with Gasteiger partial charge in [0.25, 0.3) is 5.91 Å². The molecule has 9 heteroatoms. The number of rotatable bonds is 2. The highest BCUT2D eigenvalue weighted by Gasteiger charge is 2.25. The van der Waals surface area contributed by atoms with Gasteiger partial charge in [-0.25, -0.2) is 0 Å². The van der Waals surface area contributed by atoms with Crippen LogP contribution in [0.1, 0.15) is 10.5 Å². The molecule has 4 heterocycles. The zero-order valence-corrected chi connectivity index (χ0v) is 13.8. The third-order valence-electron chi connectivity index (χ3n) is 4.34. The lowest BCUT2D eigenvalue weighted by Crippen LogP contribution is -2.49. The van der Waals surface area contributed by atoms with Crippen molar-refractivity contribution in [2.45, 2.75) is 0 Å². The van der Waals surface area contributed by atoms with E-state index in [0.29, 0.717) is 49.3 Å². The molecule has 0 bridgehead atoms. The molecule has 9 nitrogen and oxygen atoms in total. The second-order valence-corrected chi connectivity index (χ2v) is 5.91. The van der Waals surface area contributed by atoms with Crippen LogP contribution in [-0.4, -0.2) is 61.7 Å². The van der Waals surface area contributed by atoms with E-state index >= 15 is 0 Å². The fraction of sp³-hybridized carbons (Fsp3) is 0.312. The van der Waals surface area contributed by atoms with Crippen molar-refractivity contribution in [2.24, 2.45) is 7.05 Å². The van der Waals surface area contributed by atoms with Gasteiger partial charge in [0.15, 0.2) is 5.65 Å². The van der Waals surface area contributed by atoms with Crippen molar-refractivity contribution in [2.75, 3.05) is 36.8 Å². The molecule has 3 aromatic rings. The summed E-state index contributed by atoms with van der Waals surface area (Å²) >= 11 is 0. The molecular formula is C16H18N8O. The molecule has 1 fully saturated rings. The van der Waals surface area contributed by atoms with E-state index in [4.69, 9.17) is 5.73 Å². The van der Waals surface area contributed by atoms with Gasteiger partial charge >= 0.3 is 0 Å². The molecule has 0 aromatic carbocycles. The summed E-state index contributed by atoms with van der Waals surface area (Å²) in [5.41, 5.74) is 7.19. The number of piperazine rings is 1. The van der Waals surface area contributed by atoms with Crippen molar-refractivity contribution in [1.29, 1.82) is 0 Å². The summed E-state index contributed by atoms with van der Waals surface area (Å²) in [5.74, 6) is 0.932. The Balaban J connectivity index is 1.50. The van der Waals surface area contributed by atoms with Crippen LogP contribution in [0, 0.1) is 0 Å². The summed E-state index contributed by atoms with van der Waals surface area (Å²) < 4.78 is 1.68. The number of nitrogens with two attached hydrogens (primary N) is 1. The highest BCUT2D eigenvalue weighted by atomic mass is 16.2. The molecule has 0 spiro atoms. The minimum Gasteiger partial charge on any atom is -0.383 e. The molecule has 1 amide bonds. The number of pyridine rings is 1. The Morgan fingerprint density at radius 3 is 2.68 bits per heavy atom. The molecule has 1 saturated heterocycles. The average molecular weight is 338 g/mol. The number of carbonyl (C=O) groups is 1. The van der Waals surface area contributed by atoms with E-state index in [0.717, 1.165) is 5.39 Å². The molecule has 0 saturated carbocycles. The first-order valence-electron chi connectivity index (χ1n) is 8.04. The summed E-state index contributed by atoms with van der Waals surface area (Å²) in [6.45, 7) is 2.45. The third-order valence-corrected chi connectivity index (χ3v) is 4.34. The van der Waals surface area contributed by atoms with Crippen LogP contribution in [0.2, 0.25) is 0 Å². The molecule has 128 valence electrons. The van der Waals surface area contributed by atoms with E-state index < -0.39 is 0 Å². The number of aromatic nitrogens is 5. The number of carbonyl (C=O) groups excluding carboxylic acids is 1. The molecular weight excluding hydrogens is 320 g/mol. The predicted octanol–water partition coefficient (Wildman–Crippen LogP) is 0.303. The zero-order valence-electron chi connectivity index (χ0n) is 13.8. The Morgan fingerprint density at radius 2 is 1.96 bits per heavy atom. The van der Waals surface area contributed by atoms with Gasteiger partial charge in [-0.05, 0) is 12.1 Å². The van der Waals surface area contributed by atoms with Crippen LogP contribution in [0.5, 0.6) is 0 Å². The summed E-state index contributed by atoms with van der Waals surface area (Å²) in [4.78, 5) is 29.4. The van der Waals surface area contributed by atoms with Gasteiger partial charge in [-0.15, -0.1) is 0 Å². The predicted molar refractivity (Wildman–Crippen MR) is 93.1 cm³/mol. The Kier molecular flexibility index (Phi) is 3.68. The lowest BCUT2D eigenvalue weighted by molar-refractivity contribution is 0.0740. The lowest BCUT2D eigenvalue weighted by atomic mass is 10.2. The third kappa shape index (κ3) is 2.73. The number of nitrogens with zero attached hydrogens (tertiary/aromatic N) is 7. The van der Waals surface area contributed by atoms with E-state index in [1.54, 1.807) is 34.1 Å². The molecule has 4 rings (SSSR count). The summed E-state index contributed by atoms with van der Waals surface area (Å²) in [5, 5.41) is 4.91. The molecule has 2 N–H and O–H groups in total. The Morgan fingerprint density at radius 1 is 1.16 bits per heavy atom. The average Bonchev–Trinajstić information content (AvgIpc) is 3.04. The first-order valence-corrected chi connectivity index (χ1v) is 8.04. The van der Waals surface area contributed by atoms with Crippen molar-refractivity contribution >= 4 is 28.7 Å². The smallest absolute Gasteiger partial charge is 0.272 e. The van der Waals surface area contributed by atoms with Crippen molar-refractivity contribution in [3.05, 3.63) is 36.3 Å². The van der Waals surface area contributed by atoms with Crippen LogP contribution in [0.3, 0.4) is 0 Å². The first-order chi connectivity index (χ1) is 12.1. The fourth-order valence-corrected chi connectivity index (χ4v) is 2.93. The number of aryl methyl sites for hydroxylation is 1. The largest absolute Gasteiger partial charge is 0.383 e. The number of amides is 1. The summed E-state index contributed by atoms with van der Waals surface area (Å²) in [7, 11) is 1.82. The van der Waals surface area contributed by atoms with E-state index in [2.05, 4.69) is 20.1 Å². The number of nitrogen functional groups attached to an aromatic ring is 1. The maximum atomic E-state index is 12.5. The van der Waals surface area contributed by atoms with E-state index in [9.17, 15) is 4.79 Å². The highest BCUT2D eigenvalue weighted by Crippen LogP contribution is 2.21. The van der Waals surface area contributed by atoms with Gasteiger partial charge in [0.05, 0.1) is 11.6 Å². The van der Waals surface area contributed by atoms with Gasteiger partial charge in [0.2, 0.25) is 5.95 Å². The zero-order chi connectivity index (χ0) is 17.4. The Bertz CT molecular complexity index is 915. The normalized spacial score (nSPS) is 14.9. The van der Waals surface area contributed by atoms with Crippen LogP contribution >= 0.6 is 0 Å². The molecule has 25 heavy (non-hydrogen) atoms. The van der Waals surface area contributed by atoms with E-state index in [-0.39, 0.29) is 5.91 Å². The lowest BCUT2D eigenvalue weighted by Gasteiger charge is -2.34. The topological polar surface area (TPSA) is 106 Å². The standard InChI is InChI=1S/C16H18N8O/c1-22-14-11(10-19-22)13(17)20-16(21-14)24-8-6-23(7-9-24)15(25)12-4-2-3-5-18-12/h2-5,10H,6-9H2,1H3,(H2,17,20,21). The number of fused-ring (bicyclic) bond motifs is 1. The number of anilines is 2. The molecule has 1 aliphatic rings. The highest BCUT2D eigenvalue weighted by molar-refractivity contribution is 5.92. The van der Waals surface area contributed by atoms with Crippen LogP contribution < -0.4 is 10.6 Å². The quantitative estimate of drug-likeness (QED) is 0.716. The first kappa shape index (κ1) is 15.3. The second kappa shape index (κ2) is 6.00. The van der Waals surface area contributed by atoms with Gasteiger partial charge in [-0.1, -0.05) is 6.07 Å². The molecule has 0 aliphatic carbocycles. The van der Waals surface area contributed by atoms with Crippen molar-refractivity contribution < 1.29 is 4.79 Å². The van der Waals surface area contributed by atoms with Gasteiger partial charge in [-0.3, -0.25) is 14.5 Å². The van der Waals surface area contributed by atoms with Crippen LogP contribution in [-0.2, 0) is 7.05 Å². The van der Waals surface area contributed by atoms with Crippen LogP contribution in [0.15, 0.2) is 30.6 Å². The Hall–Kier alpha value is -3.23. The van der Waals surface area contributed by atoms with Crippen molar-refractivity contribution in [1.82, 2.24) is 29.6 Å². The maximum absolute atomic E-state index is 12.5. The molecule has 3 aromatic heterocycles. The number of hydrogen-bond acceptors (Lipinski definition) is 7. The van der Waals surface area contributed by atoms with Crippen molar-refractivity contribution in [3.63, 3.8) is 0 Å². The number of hydrogen-bond donors (Lipinski definition) is 1. The SMILES string of the molecule is Cn1ncc2c(N)nc(N3CCN(C(=O)c4ccccn4)CC3)nc21. The van der Waals surface area contributed by atoms with Gasteiger partial charge < -0.3 is 15.5 Å². The second-order valence-electron chi connectivity index (χ2n) is 5.91. The van der Waals surface area contributed by atoms with E-state index in [1.165, 1.54) is 0 Å².